The second kappa shape index (κ2) is 11.5. The van der Waals surface area contributed by atoms with Gasteiger partial charge in [-0.2, -0.15) is 0 Å². The molecule has 172 valence electrons. The standard InChI is InChI=1S/C25H27N3O5/c1-4-31-21-13-18(14-22(32-5-2)23(21)33-6-3)25(30)28-20-11-7-10-19(15-20)27-24(29)17-9-8-12-26-16-17/h7-16H,4-6H2,1-3H3,(H,27,29)(H,28,30). The fourth-order valence-electron chi connectivity index (χ4n) is 3.10. The quantitative estimate of drug-likeness (QED) is 0.462. The summed E-state index contributed by atoms with van der Waals surface area (Å²) >= 11 is 0. The molecule has 8 nitrogen and oxygen atoms in total. The predicted octanol–water partition coefficient (Wildman–Crippen LogP) is 4.78. The lowest BCUT2D eigenvalue weighted by atomic mass is 10.1. The molecular formula is C25H27N3O5. The lowest BCUT2D eigenvalue weighted by Crippen LogP contribution is -2.15. The number of hydrogen-bond donors (Lipinski definition) is 2. The van der Waals surface area contributed by atoms with Crippen molar-refractivity contribution in [3.8, 4) is 17.2 Å². The summed E-state index contributed by atoms with van der Waals surface area (Å²) in [5, 5.41) is 5.65. The number of nitrogens with zero attached hydrogens (tertiary/aromatic N) is 1. The molecule has 0 atom stereocenters. The van der Waals surface area contributed by atoms with Gasteiger partial charge < -0.3 is 24.8 Å². The summed E-state index contributed by atoms with van der Waals surface area (Å²) in [5.41, 5.74) is 1.86. The van der Waals surface area contributed by atoms with Crippen LogP contribution < -0.4 is 24.8 Å². The third kappa shape index (κ3) is 6.22. The molecule has 0 unspecified atom stereocenters. The molecule has 1 aromatic heterocycles. The van der Waals surface area contributed by atoms with Crippen LogP contribution in [0.1, 0.15) is 41.5 Å². The zero-order chi connectivity index (χ0) is 23.6. The van der Waals surface area contributed by atoms with Crippen LogP contribution in [0.4, 0.5) is 11.4 Å². The van der Waals surface area contributed by atoms with Gasteiger partial charge in [-0.25, -0.2) is 0 Å². The summed E-state index contributed by atoms with van der Waals surface area (Å²) in [5.74, 6) is 0.704. The number of carbonyl (C=O) groups excluding carboxylic acids is 2. The second-order valence-corrected chi connectivity index (χ2v) is 6.83. The van der Waals surface area contributed by atoms with Crippen LogP contribution in [0.15, 0.2) is 60.9 Å². The van der Waals surface area contributed by atoms with Gasteiger partial charge >= 0.3 is 0 Å². The number of aromatic nitrogens is 1. The number of anilines is 2. The Balaban J connectivity index is 1.80. The minimum absolute atomic E-state index is 0.291. The van der Waals surface area contributed by atoms with Gasteiger partial charge in [0.15, 0.2) is 11.5 Å². The third-order valence-electron chi connectivity index (χ3n) is 4.47. The highest BCUT2D eigenvalue weighted by Gasteiger charge is 2.18. The van der Waals surface area contributed by atoms with Gasteiger partial charge in [0.25, 0.3) is 11.8 Å². The molecule has 0 aliphatic heterocycles. The molecule has 3 aromatic rings. The average molecular weight is 450 g/mol. The summed E-state index contributed by atoms with van der Waals surface area (Å²) in [6, 6.07) is 13.5. The van der Waals surface area contributed by atoms with Crippen molar-refractivity contribution in [2.24, 2.45) is 0 Å². The Kier molecular flexibility index (Phi) is 8.24. The summed E-state index contributed by atoms with van der Waals surface area (Å²) < 4.78 is 17.1. The van der Waals surface area contributed by atoms with E-state index < -0.39 is 0 Å². The number of pyridine rings is 1. The van der Waals surface area contributed by atoms with E-state index in [1.807, 2.05) is 20.8 Å². The van der Waals surface area contributed by atoms with E-state index in [9.17, 15) is 9.59 Å². The first-order valence-corrected chi connectivity index (χ1v) is 10.7. The van der Waals surface area contributed by atoms with E-state index in [2.05, 4.69) is 15.6 Å². The fraction of sp³-hybridized carbons (Fsp3) is 0.240. The van der Waals surface area contributed by atoms with Gasteiger partial charge in [0, 0.05) is 29.3 Å². The molecule has 2 N–H and O–H groups in total. The molecule has 0 saturated carbocycles. The highest BCUT2D eigenvalue weighted by molar-refractivity contribution is 6.06. The summed E-state index contributed by atoms with van der Waals surface area (Å²) in [6.45, 7) is 6.84. The zero-order valence-corrected chi connectivity index (χ0v) is 18.9. The van der Waals surface area contributed by atoms with Crippen molar-refractivity contribution >= 4 is 23.2 Å². The number of nitrogens with one attached hydrogen (secondary N) is 2. The second-order valence-electron chi connectivity index (χ2n) is 6.83. The maximum Gasteiger partial charge on any atom is 0.257 e. The molecule has 0 fully saturated rings. The zero-order valence-electron chi connectivity index (χ0n) is 18.9. The molecule has 0 bridgehead atoms. The smallest absolute Gasteiger partial charge is 0.257 e. The van der Waals surface area contributed by atoms with Crippen molar-refractivity contribution in [2.75, 3.05) is 30.5 Å². The highest BCUT2D eigenvalue weighted by Crippen LogP contribution is 2.39. The monoisotopic (exact) mass is 449 g/mol. The number of benzene rings is 2. The molecule has 8 heteroatoms. The Morgan fingerprint density at radius 3 is 1.85 bits per heavy atom. The van der Waals surface area contributed by atoms with E-state index in [4.69, 9.17) is 14.2 Å². The molecule has 2 aromatic carbocycles. The molecule has 0 aliphatic rings. The topological polar surface area (TPSA) is 98.8 Å². The molecule has 0 radical (unpaired) electrons. The van der Waals surface area contributed by atoms with Crippen molar-refractivity contribution in [1.29, 1.82) is 0 Å². The fourth-order valence-corrected chi connectivity index (χ4v) is 3.10. The minimum Gasteiger partial charge on any atom is -0.490 e. The largest absolute Gasteiger partial charge is 0.490 e. The van der Waals surface area contributed by atoms with E-state index in [0.717, 1.165) is 0 Å². The van der Waals surface area contributed by atoms with E-state index in [1.165, 1.54) is 6.20 Å². The van der Waals surface area contributed by atoms with Crippen molar-refractivity contribution in [2.45, 2.75) is 20.8 Å². The molecule has 0 aliphatic carbocycles. The molecule has 0 spiro atoms. The maximum atomic E-state index is 13.0. The van der Waals surface area contributed by atoms with Crippen molar-refractivity contribution < 1.29 is 23.8 Å². The molecule has 0 saturated heterocycles. The lowest BCUT2D eigenvalue weighted by Gasteiger charge is -2.17. The molecule has 2 amide bonds. The van der Waals surface area contributed by atoms with Gasteiger partial charge in [-0.3, -0.25) is 14.6 Å². The van der Waals surface area contributed by atoms with Crippen LogP contribution in [0.5, 0.6) is 17.2 Å². The predicted molar refractivity (Wildman–Crippen MR) is 127 cm³/mol. The van der Waals surface area contributed by atoms with Crippen LogP contribution >= 0.6 is 0 Å². The number of hydrogen-bond acceptors (Lipinski definition) is 6. The van der Waals surface area contributed by atoms with Crippen molar-refractivity contribution in [3.05, 3.63) is 72.1 Å². The molecule has 3 rings (SSSR count). The number of ether oxygens (including phenoxy) is 3. The van der Waals surface area contributed by atoms with Crippen LogP contribution in [0.2, 0.25) is 0 Å². The lowest BCUT2D eigenvalue weighted by molar-refractivity contribution is 0.101. The molecule has 33 heavy (non-hydrogen) atoms. The Labute approximate surface area is 192 Å². The van der Waals surface area contributed by atoms with Gasteiger partial charge in [0.2, 0.25) is 5.75 Å². The summed E-state index contributed by atoms with van der Waals surface area (Å²) in [7, 11) is 0. The Morgan fingerprint density at radius 1 is 0.758 bits per heavy atom. The number of amides is 2. The van der Waals surface area contributed by atoms with E-state index >= 15 is 0 Å². The Hall–Kier alpha value is -4.07. The van der Waals surface area contributed by atoms with E-state index in [-0.39, 0.29) is 11.8 Å². The SMILES string of the molecule is CCOc1cc(C(=O)Nc2cccc(NC(=O)c3cccnc3)c2)cc(OCC)c1OCC. The van der Waals surface area contributed by atoms with Gasteiger partial charge in [0.1, 0.15) is 0 Å². The van der Waals surface area contributed by atoms with Crippen LogP contribution in [-0.2, 0) is 0 Å². The molecular weight excluding hydrogens is 422 g/mol. The normalized spacial score (nSPS) is 10.3. The van der Waals surface area contributed by atoms with Crippen LogP contribution in [0.25, 0.3) is 0 Å². The van der Waals surface area contributed by atoms with Crippen molar-refractivity contribution in [1.82, 2.24) is 4.98 Å². The van der Waals surface area contributed by atoms with Gasteiger partial charge in [-0.1, -0.05) is 6.07 Å². The highest BCUT2D eigenvalue weighted by atomic mass is 16.5. The third-order valence-corrected chi connectivity index (χ3v) is 4.47. The van der Waals surface area contributed by atoms with E-state index in [1.54, 1.807) is 54.7 Å². The number of carbonyl (C=O) groups is 2. The van der Waals surface area contributed by atoms with Gasteiger partial charge in [-0.05, 0) is 63.2 Å². The number of rotatable bonds is 10. The first-order valence-electron chi connectivity index (χ1n) is 10.7. The maximum absolute atomic E-state index is 13.0. The summed E-state index contributed by atoms with van der Waals surface area (Å²) in [6.07, 6.45) is 3.08. The van der Waals surface area contributed by atoms with Crippen LogP contribution in [0.3, 0.4) is 0 Å². The van der Waals surface area contributed by atoms with Crippen LogP contribution in [-0.4, -0.2) is 36.6 Å². The van der Waals surface area contributed by atoms with Gasteiger partial charge in [-0.15, -0.1) is 0 Å². The van der Waals surface area contributed by atoms with Crippen LogP contribution in [0, 0.1) is 0 Å². The minimum atomic E-state index is -0.351. The summed E-state index contributed by atoms with van der Waals surface area (Å²) in [4.78, 5) is 29.3. The van der Waals surface area contributed by atoms with Crippen molar-refractivity contribution in [3.63, 3.8) is 0 Å². The average Bonchev–Trinajstić information content (AvgIpc) is 2.82. The molecule has 1 heterocycles. The Morgan fingerprint density at radius 2 is 1.33 bits per heavy atom. The van der Waals surface area contributed by atoms with E-state index in [0.29, 0.717) is 59.6 Å². The van der Waals surface area contributed by atoms with Gasteiger partial charge in [0.05, 0.1) is 25.4 Å². The first-order chi connectivity index (χ1) is 16.0. The first kappa shape index (κ1) is 23.6. The Bertz CT molecular complexity index is 1080.